The molecule has 0 saturated carbocycles. The number of rotatable bonds is 3. The van der Waals surface area contributed by atoms with Gasteiger partial charge in [0.15, 0.2) is 0 Å². The van der Waals surface area contributed by atoms with Gasteiger partial charge in [0.1, 0.15) is 11.2 Å². The molecule has 0 bridgehead atoms. The molecular formula is C11H14N2O3. The van der Waals surface area contributed by atoms with Gasteiger partial charge in [-0.2, -0.15) is 0 Å². The van der Waals surface area contributed by atoms with Crippen molar-refractivity contribution in [2.24, 2.45) is 5.41 Å². The van der Waals surface area contributed by atoms with Crippen molar-refractivity contribution in [2.45, 2.75) is 25.9 Å². The molecule has 5 heteroatoms. The highest BCUT2D eigenvalue weighted by Crippen LogP contribution is 2.37. The highest BCUT2D eigenvalue weighted by Gasteiger charge is 2.48. The van der Waals surface area contributed by atoms with Crippen molar-refractivity contribution in [1.82, 2.24) is 9.97 Å². The van der Waals surface area contributed by atoms with Gasteiger partial charge in [0.25, 0.3) is 0 Å². The second-order valence-corrected chi connectivity index (χ2v) is 4.07. The lowest BCUT2D eigenvalue weighted by Gasteiger charge is -2.26. The molecular weight excluding hydrogens is 208 g/mol. The second kappa shape index (κ2) is 4.17. The van der Waals surface area contributed by atoms with Crippen LogP contribution in [0.3, 0.4) is 0 Å². The Labute approximate surface area is 93.5 Å². The van der Waals surface area contributed by atoms with E-state index >= 15 is 0 Å². The van der Waals surface area contributed by atoms with E-state index in [1.165, 1.54) is 0 Å². The molecule has 0 amide bonds. The van der Waals surface area contributed by atoms with Crippen LogP contribution in [0, 0.1) is 5.41 Å². The molecule has 2 rings (SSSR count). The second-order valence-electron chi connectivity index (χ2n) is 4.07. The molecule has 0 aromatic carbocycles. The lowest BCUT2D eigenvalue weighted by atomic mass is 9.78. The largest absolute Gasteiger partial charge is 0.481 e. The lowest BCUT2D eigenvalue weighted by molar-refractivity contribution is -0.152. The fraction of sp³-hybridized carbons (Fsp3) is 0.545. The Kier molecular flexibility index (Phi) is 2.87. The third-order valence-corrected chi connectivity index (χ3v) is 3.21. The van der Waals surface area contributed by atoms with Gasteiger partial charge in [-0.1, -0.05) is 0 Å². The van der Waals surface area contributed by atoms with Crippen LogP contribution in [0.2, 0.25) is 0 Å². The quantitative estimate of drug-likeness (QED) is 0.822. The van der Waals surface area contributed by atoms with Crippen molar-refractivity contribution in [3.63, 3.8) is 0 Å². The van der Waals surface area contributed by atoms with Gasteiger partial charge in [0.05, 0.1) is 6.10 Å². The van der Waals surface area contributed by atoms with Crippen LogP contribution in [0.4, 0.5) is 0 Å². The van der Waals surface area contributed by atoms with Crippen LogP contribution < -0.4 is 0 Å². The minimum atomic E-state index is -0.874. The standard InChI is InChI=1S/C11H14N2O3/c1-8-11(10(14)15,3-6-16-8)7-9-12-4-2-5-13-9/h2,4-5,8H,3,6-7H2,1H3,(H,14,15). The van der Waals surface area contributed by atoms with Crippen molar-refractivity contribution in [3.05, 3.63) is 24.3 Å². The molecule has 0 aliphatic carbocycles. The number of carbonyl (C=O) groups is 1. The average Bonchev–Trinajstić information content (AvgIpc) is 2.63. The van der Waals surface area contributed by atoms with Crippen LogP contribution in [0.1, 0.15) is 19.2 Å². The molecule has 5 nitrogen and oxygen atoms in total. The smallest absolute Gasteiger partial charge is 0.312 e. The zero-order chi connectivity index (χ0) is 11.6. The molecule has 2 atom stereocenters. The first-order valence-corrected chi connectivity index (χ1v) is 5.26. The molecule has 1 aliphatic heterocycles. The van der Waals surface area contributed by atoms with Gasteiger partial charge in [-0.05, 0) is 19.4 Å². The Morgan fingerprint density at radius 1 is 1.62 bits per heavy atom. The van der Waals surface area contributed by atoms with Crippen molar-refractivity contribution in [3.8, 4) is 0 Å². The van der Waals surface area contributed by atoms with Crippen molar-refractivity contribution >= 4 is 5.97 Å². The zero-order valence-corrected chi connectivity index (χ0v) is 9.09. The first kappa shape index (κ1) is 11.0. The lowest BCUT2D eigenvalue weighted by Crippen LogP contribution is -2.39. The first-order chi connectivity index (χ1) is 7.65. The van der Waals surface area contributed by atoms with Gasteiger partial charge in [-0.15, -0.1) is 0 Å². The van der Waals surface area contributed by atoms with Crippen LogP contribution in [0.5, 0.6) is 0 Å². The maximum Gasteiger partial charge on any atom is 0.312 e. The SMILES string of the molecule is CC1OCCC1(Cc1ncccn1)C(=O)O. The highest BCUT2D eigenvalue weighted by molar-refractivity contribution is 5.76. The summed E-state index contributed by atoms with van der Waals surface area (Å²) >= 11 is 0. The first-order valence-electron chi connectivity index (χ1n) is 5.26. The predicted octanol–water partition coefficient (Wildman–Crippen LogP) is 0.899. The molecule has 0 spiro atoms. The Bertz CT molecular complexity index is 382. The van der Waals surface area contributed by atoms with Gasteiger partial charge < -0.3 is 9.84 Å². The summed E-state index contributed by atoms with van der Waals surface area (Å²) in [7, 11) is 0. The fourth-order valence-electron chi connectivity index (χ4n) is 2.07. The van der Waals surface area contributed by atoms with Crippen LogP contribution in [-0.2, 0) is 16.0 Å². The molecule has 1 aliphatic rings. The summed E-state index contributed by atoms with van der Waals surface area (Å²) in [5.74, 6) is -0.271. The number of aliphatic carboxylic acids is 1. The summed E-state index contributed by atoms with van der Waals surface area (Å²) in [6.45, 7) is 2.28. The van der Waals surface area contributed by atoms with E-state index in [9.17, 15) is 9.90 Å². The molecule has 16 heavy (non-hydrogen) atoms. The Morgan fingerprint density at radius 2 is 2.31 bits per heavy atom. The predicted molar refractivity (Wildman–Crippen MR) is 55.8 cm³/mol. The Morgan fingerprint density at radius 3 is 2.81 bits per heavy atom. The van der Waals surface area contributed by atoms with E-state index in [1.54, 1.807) is 25.4 Å². The maximum absolute atomic E-state index is 11.4. The number of carboxylic acid groups (broad SMARTS) is 1. The summed E-state index contributed by atoms with van der Waals surface area (Å²) in [4.78, 5) is 19.6. The summed E-state index contributed by atoms with van der Waals surface area (Å²) < 4.78 is 5.37. The monoisotopic (exact) mass is 222 g/mol. The van der Waals surface area contributed by atoms with Crippen molar-refractivity contribution in [2.75, 3.05) is 6.61 Å². The van der Waals surface area contributed by atoms with E-state index in [4.69, 9.17) is 4.74 Å². The van der Waals surface area contributed by atoms with Gasteiger partial charge >= 0.3 is 5.97 Å². The zero-order valence-electron chi connectivity index (χ0n) is 9.09. The molecule has 0 radical (unpaired) electrons. The van der Waals surface area contributed by atoms with Crippen molar-refractivity contribution < 1.29 is 14.6 Å². The van der Waals surface area contributed by atoms with Crippen LogP contribution in [0.25, 0.3) is 0 Å². The number of carboxylic acids is 1. The number of hydrogen-bond acceptors (Lipinski definition) is 4. The third-order valence-electron chi connectivity index (χ3n) is 3.21. The van der Waals surface area contributed by atoms with E-state index in [1.807, 2.05) is 0 Å². The number of nitrogens with zero attached hydrogens (tertiary/aromatic N) is 2. The molecule has 2 unspecified atom stereocenters. The summed E-state index contributed by atoms with van der Waals surface area (Å²) in [6, 6.07) is 1.71. The van der Waals surface area contributed by atoms with Crippen LogP contribution >= 0.6 is 0 Å². The number of ether oxygens (including phenoxy) is 1. The third kappa shape index (κ3) is 1.78. The van der Waals surface area contributed by atoms with E-state index in [0.717, 1.165) is 0 Å². The average molecular weight is 222 g/mol. The molecule has 2 heterocycles. The van der Waals surface area contributed by atoms with Crippen LogP contribution in [0.15, 0.2) is 18.5 Å². The minimum Gasteiger partial charge on any atom is -0.481 e. The fourth-order valence-corrected chi connectivity index (χ4v) is 2.07. The number of hydrogen-bond donors (Lipinski definition) is 1. The Balaban J connectivity index is 2.25. The highest BCUT2D eigenvalue weighted by atomic mass is 16.5. The van der Waals surface area contributed by atoms with Gasteiger partial charge in [0, 0.05) is 25.4 Å². The topological polar surface area (TPSA) is 72.3 Å². The maximum atomic E-state index is 11.4. The van der Waals surface area contributed by atoms with E-state index in [0.29, 0.717) is 25.3 Å². The summed E-state index contributed by atoms with van der Waals surface area (Å²) in [5.41, 5.74) is -0.874. The summed E-state index contributed by atoms with van der Waals surface area (Å²) in [5, 5.41) is 9.36. The van der Waals surface area contributed by atoms with Gasteiger partial charge in [-0.3, -0.25) is 4.79 Å². The minimum absolute atomic E-state index is 0.297. The van der Waals surface area contributed by atoms with E-state index < -0.39 is 11.4 Å². The molecule has 1 fully saturated rings. The molecule has 1 saturated heterocycles. The molecule has 1 aromatic rings. The molecule has 86 valence electrons. The molecule has 1 N–H and O–H groups in total. The van der Waals surface area contributed by atoms with Gasteiger partial charge in [-0.25, -0.2) is 9.97 Å². The van der Waals surface area contributed by atoms with E-state index in [2.05, 4.69) is 9.97 Å². The van der Waals surface area contributed by atoms with E-state index in [-0.39, 0.29) is 6.10 Å². The molecule has 1 aromatic heterocycles. The van der Waals surface area contributed by atoms with Crippen molar-refractivity contribution in [1.29, 1.82) is 0 Å². The number of aromatic nitrogens is 2. The summed E-state index contributed by atoms with van der Waals surface area (Å²) in [6.07, 6.45) is 3.79. The van der Waals surface area contributed by atoms with Gasteiger partial charge in [0.2, 0.25) is 0 Å². The Hall–Kier alpha value is -1.49. The van der Waals surface area contributed by atoms with Crippen LogP contribution in [-0.4, -0.2) is 33.8 Å². The normalized spacial score (nSPS) is 29.2.